The maximum atomic E-state index is 13.8. The number of piperidine rings is 1. The Morgan fingerprint density at radius 3 is 2.62 bits per heavy atom. The van der Waals surface area contributed by atoms with Crippen LogP contribution in [0, 0.1) is 0 Å². The number of carboxylic acid groups (broad SMARTS) is 1. The van der Waals surface area contributed by atoms with Crippen molar-refractivity contribution >= 4 is 32.7 Å². The SMILES string of the molecule is O=C(O)c1ccc2nc(N3C4CC(NCc5c(-c6ccccc6C(F)(F)F)noc5C5CC5)CC3C4)sc2c1. The second-order valence-corrected chi connectivity index (χ2v) is 11.7. The molecule has 2 aliphatic carbocycles. The first-order valence-electron chi connectivity index (χ1n) is 13.1. The Hall–Kier alpha value is -3.44. The van der Waals surface area contributed by atoms with E-state index in [2.05, 4.69) is 15.4 Å². The predicted molar refractivity (Wildman–Crippen MR) is 140 cm³/mol. The number of hydrogen-bond acceptors (Lipinski definition) is 7. The van der Waals surface area contributed by atoms with Gasteiger partial charge in [0.1, 0.15) is 11.5 Å². The van der Waals surface area contributed by atoms with Crippen LogP contribution in [-0.2, 0) is 12.7 Å². The molecule has 2 N–H and O–H groups in total. The lowest BCUT2D eigenvalue weighted by Gasteiger charge is -2.55. The molecule has 7 nitrogen and oxygen atoms in total. The number of nitrogens with one attached hydrogen (secondary N) is 1. The van der Waals surface area contributed by atoms with Crippen LogP contribution in [0.1, 0.15) is 65.3 Å². The monoisotopic (exact) mass is 554 g/mol. The molecule has 2 unspecified atom stereocenters. The number of thiazole rings is 1. The predicted octanol–water partition coefficient (Wildman–Crippen LogP) is 6.45. The quantitative estimate of drug-likeness (QED) is 0.271. The van der Waals surface area contributed by atoms with Gasteiger partial charge < -0.3 is 19.8 Å². The summed E-state index contributed by atoms with van der Waals surface area (Å²) in [7, 11) is 0. The Balaban J connectivity index is 1.08. The fourth-order valence-electron chi connectivity index (χ4n) is 6.06. The minimum atomic E-state index is -4.48. The maximum absolute atomic E-state index is 13.8. The van der Waals surface area contributed by atoms with Crippen LogP contribution in [0.25, 0.3) is 21.5 Å². The standard InChI is InChI=1S/C28H25F3N4O3S/c29-28(30,31)21-4-2-1-3-19(21)24-20(25(38-34-24)14-5-6-14)13-32-16-10-17-12-18(11-16)35(17)27-33-22-8-7-15(26(36)37)9-23(22)39-27/h1-4,7-9,14,16-18,32H,5-6,10-13H2,(H,36,37). The van der Waals surface area contributed by atoms with Crippen molar-refractivity contribution in [3.8, 4) is 11.3 Å². The summed E-state index contributed by atoms with van der Waals surface area (Å²) in [6.07, 6.45) is 0.294. The highest BCUT2D eigenvalue weighted by molar-refractivity contribution is 7.22. The van der Waals surface area contributed by atoms with Gasteiger partial charge in [-0.05, 0) is 56.4 Å². The first kappa shape index (κ1) is 24.6. The Labute approximate surface area is 225 Å². The molecule has 2 aromatic carbocycles. The summed E-state index contributed by atoms with van der Waals surface area (Å²) in [5, 5.41) is 17.9. The Morgan fingerprint density at radius 1 is 1.13 bits per heavy atom. The van der Waals surface area contributed by atoms with Gasteiger partial charge in [0.25, 0.3) is 0 Å². The number of nitrogens with zero attached hydrogens (tertiary/aromatic N) is 3. The molecule has 2 aliphatic heterocycles. The molecule has 2 saturated heterocycles. The largest absolute Gasteiger partial charge is 0.478 e. The number of fused-ring (bicyclic) bond motifs is 3. The molecule has 0 radical (unpaired) electrons. The van der Waals surface area contributed by atoms with Gasteiger partial charge in [-0.3, -0.25) is 0 Å². The van der Waals surface area contributed by atoms with Crippen LogP contribution in [-0.4, -0.2) is 39.3 Å². The average Bonchev–Trinajstić information content (AvgIpc) is 3.53. The number of hydrogen-bond donors (Lipinski definition) is 2. The summed E-state index contributed by atoms with van der Waals surface area (Å²) in [5.74, 6) is -0.0337. The number of halogens is 3. The van der Waals surface area contributed by atoms with Crippen LogP contribution in [0.15, 0.2) is 47.0 Å². The van der Waals surface area contributed by atoms with Crippen LogP contribution >= 0.6 is 11.3 Å². The fraction of sp³-hybridized carbons (Fsp3) is 0.393. The summed E-state index contributed by atoms with van der Waals surface area (Å²) in [5.41, 5.74) is 1.40. The van der Waals surface area contributed by atoms with Gasteiger partial charge in [0.15, 0.2) is 5.13 Å². The summed E-state index contributed by atoms with van der Waals surface area (Å²) in [4.78, 5) is 18.4. The van der Waals surface area contributed by atoms with Gasteiger partial charge in [0, 0.05) is 41.7 Å². The Kier molecular flexibility index (Phi) is 5.71. The van der Waals surface area contributed by atoms with Crippen LogP contribution < -0.4 is 10.2 Å². The van der Waals surface area contributed by atoms with Crippen molar-refractivity contribution in [1.29, 1.82) is 0 Å². The highest BCUT2D eigenvalue weighted by Gasteiger charge is 2.47. The Morgan fingerprint density at radius 2 is 1.90 bits per heavy atom. The van der Waals surface area contributed by atoms with E-state index >= 15 is 0 Å². The molecule has 4 fully saturated rings. The van der Waals surface area contributed by atoms with E-state index in [1.54, 1.807) is 24.3 Å². The second kappa shape index (κ2) is 9.06. The lowest BCUT2D eigenvalue weighted by molar-refractivity contribution is -0.137. The average molecular weight is 555 g/mol. The zero-order valence-electron chi connectivity index (χ0n) is 20.7. The first-order valence-corrected chi connectivity index (χ1v) is 13.9. The minimum absolute atomic E-state index is 0.0528. The molecule has 39 heavy (non-hydrogen) atoms. The molecule has 8 rings (SSSR count). The molecule has 202 valence electrons. The third-order valence-corrected chi connectivity index (χ3v) is 9.14. The molecule has 4 aromatic rings. The molecule has 2 bridgehead atoms. The number of benzene rings is 2. The summed E-state index contributed by atoms with van der Waals surface area (Å²) in [6, 6.07) is 11.4. The zero-order valence-corrected chi connectivity index (χ0v) is 21.6. The summed E-state index contributed by atoms with van der Waals surface area (Å²) in [6.45, 7) is 0.403. The van der Waals surface area contributed by atoms with Crippen molar-refractivity contribution in [2.75, 3.05) is 4.90 Å². The normalized spacial score (nSPS) is 22.7. The molecule has 11 heteroatoms. The molecular weight excluding hydrogens is 529 g/mol. The minimum Gasteiger partial charge on any atom is -0.478 e. The highest BCUT2D eigenvalue weighted by atomic mass is 32.1. The summed E-state index contributed by atoms with van der Waals surface area (Å²) >= 11 is 1.52. The van der Waals surface area contributed by atoms with Gasteiger partial charge in [0.2, 0.25) is 0 Å². The van der Waals surface area contributed by atoms with Gasteiger partial charge in [-0.2, -0.15) is 13.2 Å². The van der Waals surface area contributed by atoms with E-state index in [1.165, 1.54) is 23.5 Å². The molecule has 0 spiro atoms. The molecular formula is C28H25F3N4O3S. The van der Waals surface area contributed by atoms with Crippen LogP contribution in [0.5, 0.6) is 0 Å². The molecule has 0 amide bonds. The second-order valence-electron chi connectivity index (χ2n) is 10.7. The molecule has 4 heterocycles. The van der Waals surface area contributed by atoms with E-state index < -0.39 is 17.7 Å². The topological polar surface area (TPSA) is 91.5 Å². The first-order chi connectivity index (χ1) is 18.8. The number of alkyl halides is 3. The van der Waals surface area contributed by atoms with Crippen molar-refractivity contribution in [2.45, 2.75) is 68.9 Å². The Bertz CT molecular complexity index is 1570. The van der Waals surface area contributed by atoms with E-state index in [9.17, 15) is 23.1 Å². The van der Waals surface area contributed by atoms with E-state index in [-0.39, 0.29) is 28.8 Å². The van der Waals surface area contributed by atoms with Crippen LogP contribution in [0.4, 0.5) is 18.3 Å². The number of carbonyl (C=O) groups is 1. The van der Waals surface area contributed by atoms with E-state index in [4.69, 9.17) is 9.51 Å². The smallest absolute Gasteiger partial charge is 0.417 e. The van der Waals surface area contributed by atoms with Crippen molar-refractivity contribution in [3.05, 3.63) is 64.9 Å². The van der Waals surface area contributed by atoms with Crippen LogP contribution in [0.3, 0.4) is 0 Å². The summed E-state index contributed by atoms with van der Waals surface area (Å²) < 4.78 is 47.8. The van der Waals surface area contributed by atoms with Gasteiger partial charge in [-0.25, -0.2) is 9.78 Å². The number of carboxylic acids is 1. The molecule has 2 saturated carbocycles. The number of aromatic carboxylic acids is 1. The highest BCUT2D eigenvalue weighted by Crippen LogP contribution is 2.47. The van der Waals surface area contributed by atoms with Gasteiger partial charge in [-0.15, -0.1) is 0 Å². The fourth-order valence-corrected chi connectivity index (χ4v) is 7.21. The lowest BCUT2D eigenvalue weighted by atomic mass is 9.77. The number of rotatable bonds is 7. The van der Waals surface area contributed by atoms with Gasteiger partial charge in [-0.1, -0.05) is 34.7 Å². The van der Waals surface area contributed by atoms with E-state index in [0.717, 1.165) is 59.1 Å². The number of anilines is 1. The maximum Gasteiger partial charge on any atom is 0.417 e. The number of aromatic nitrogens is 2. The molecule has 2 atom stereocenters. The molecule has 2 aromatic heterocycles. The van der Waals surface area contributed by atoms with Crippen LogP contribution in [0.2, 0.25) is 0 Å². The van der Waals surface area contributed by atoms with Crippen molar-refractivity contribution in [3.63, 3.8) is 0 Å². The third kappa shape index (κ3) is 4.37. The van der Waals surface area contributed by atoms with Crippen molar-refractivity contribution < 1.29 is 27.6 Å². The van der Waals surface area contributed by atoms with E-state index in [1.807, 2.05) is 0 Å². The van der Waals surface area contributed by atoms with Crippen molar-refractivity contribution in [1.82, 2.24) is 15.5 Å². The molecule has 4 aliphatic rings. The zero-order chi connectivity index (χ0) is 26.9. The third-order valence-electron chi connectivity index (χ3n) is 8.11. The lowest BCUT2D eigenvalue weighted by Crippen LogP contribution is -2.64. The van der Waals surface area contributed by atoms with E-state index in [0.29, 0.717) is 24.4 Å². The van der Waals surface area contributed by atoms with Gasteiger partial charge in [0.05, 0.1) is 21.3 Å². The van der Waals surface area contributed by atoms with Crippen molar-refractivity contribution in [2.24, 2.45) is 0 Å². The van der Waals surface area contributed by atoms with Gasteiger partial charge >= 0.3 is 12.1 Å².